The number of rotatable bonds is 5. The Balaban J connectivity index is 1.55. The van der Waals surface area contributed by atoms with Gasteiger partial charge in [-0.15, -0.1) is 0 Å². The first-order chi connectivity index (χ1) is 13.1. The van der Waals surface area contributed by atoms with Gasteiger partial charge in [-0.3, -0.25) is 9.59 Å². The van der Waals surface area contributed by atoms with Crippen LogP contribution in [-0.2, 0) is 9.59 Å². The van der Waals surface area contributed by atoms with E-state index in [1.165, 1.54) is 5.57 Å². The molecule has 0 bridgehead atoms. The summed E-state index contributed by atoms with van der Waals surface area (Å²) < 4.78 is 0. The molecule has 2 aliphatic rings. The maximum Gasteiger partial charge on any atom is 0.234 e. The second-order valence-corrected chi connectivity index (χ2v) is 7.16. The molecular formula is C20H21N5O2. The number of anilines is 1. The third-order valence-corrected chi connectivity index (χ3v) is 5.09. The molecule has 3 N–H and O–H groups in total. The van der Waals surface area contributed by atoms with Crippen LogP contribution in [0.4, 0.5) is 5.82 Å². The van der Waals surface area contributed by atoms with Crippen molar-refractivity contribution in [1.82, 2.24) is 15.3 Å². The maximum absolute atomic E-state index is 12.1. The number of nitrogens with zero attached hydrogens (tertiary/aromatic N) is 2. The number of carbonyl (C=O) groups is 2. The van der Waals surface area contributed by atoms with Crippen molar-refractivity contribution in [2.75, 3.05) is 5.32 Å². The summed E-state index contributed by atoms with van der Waals surface area (Å²) in [7, 11) is 0. The molecule has 1 atom stereocenters. The molecule has 2 aromatic heterocycles. The van der Waals surface area contributed by atoms with Crippen molar-refractivity contribution in [3.05, 3.63) is 30.0 Å². The van der Waals surface area contributed by atoms with E-state index in [0.717, 1.165) is 48.7 Å². The minimum absolute atomic E-state index is 0.0391. The van der Waals surface area contributed by atoms with Crippen molar-refractivity contribution >= 4 is 34.2 Å². The highest BCUT2D eigenvalue weighted by Gasteiger charge is 2.30. The first-order valence-corrected chi connectivity index (χ1v) is 9.29. The second kappa shape index (κ2) is 7.23. The Hall–Kier alpha value is -3.14. The third kappa shape index (κ3) is 3.85. The van der Waals surface area contributed by atoms with Gasteiger partial charge in [-0.05, 0) is 55.4 Å². The Morgan fingerprint density at radius 3 is 2.89 bits per heavy atom. The first kappa shape index (κ1) is 17.3. The number of fused-ring (bicyclic) bond motifs is 1. The number of aromatic amines is 1. The van der Waals surface area contributed by atoms with Gasteiger partial charge in [0.05, 0.1) is 6.07 Å². The maximum atomic E-state index is 12.1. The van der Waals surface area contributed by atoms with Crippen molar-refractivity contribution in [2.24, 2.45) is 5.92 Å². The number of allylic oxidation sites excluding steroid dienone is 1. The van der Waals surface area contributed by atoms with Gasteiger partial charge in [-0.25, -0.2) is 4.98 Å². The lowest BCUT2D eigenvalue weighted by Crippen LogP contribution is -2.35. The normalized spacial score (nSPS) is 19.2. The van der Waals surface area contributed by atoms with Crippen molar-refractivity contribution in [1.29, 1.82) is 5.26 Å². The average Bonchev–Trinajstić information content (AvgIpc) is 3.40. The van der Waals surface area contributed by atoms with E-state index >= 15 is 0 Å². The molecule has 1 saturated carbocycles. The van der Waals surface area contributed by atoms with E-state index in [0.29, 0.717) is 5.82 Å². The minimum atomic E-state index is -0.221. The van der Waals surface area contributed by atoms with E-state index in [1.807, 2.05) is 24.4 Å². The van der Waals surface area contributed by atoms with Gasteiger partial charge in [-0.1, -0.05) is 6.08 Å². The molecule has 0 aromatic carbocycles. The number of hydrogen-bond acceptors (Lipinski definition) is 4. The molecule has 1 fully saturated rings. The number of amides is 2. The van der Waals surface area contributed by atoms with Gasteiger partial charge in [-0.2, -0.15) is 5.26 Å². The third-order valence-electron chi connectivity index (χ3n) is 5.09. The summed E-state index contributed by atoms with van der Waals surface area (Å²) in [6.45, 7) is 0. The van der Waals surface area contributed by atoms with E-state index < -0.39 is 0 Å². The predicted molar refractivity (Wildman–Crippen MR) is 101 cm³/mol. The molecule has 0 radical (unpaired) electrons. The molecule has 27 heavy (non-hydrogen) atoms. The number of aromatic nitrogens is 2. The summed E-state index contributed by atoms with van der Waals surface area (Å²) in [5.41, 5.74) is 3.01. The van der Waals surface area contributed by atoms with E-state index in [9.17, 15) is 9.59 Å². The van der Waals surface area contributed by atoms with Gasteiger partial charge in [0.2, 0.25) is 11.8 Å². The Labute approximate surface area is 156 Å². The van der Waals surface area contributed by atoms with Gasteiger partial charge in [0.1, 0.15) is 17.9 Å². The quantitative estimate of drug-likeness (QED) is 0.758. The van der Waals surface area contributed by atoms with Crippen LogP contribution in [-0.4, -0.2) is 27.8 Å². The highest BCUT2D eigenvalue weighted by Crippen LogP contribution is 2.34. The molecule has 138 valence electrons. The largest absolute Gasteiger partial charge is 0.352 e. The van der Waals surface area contributed by atoms with Gasteiger partial charge in [0.25, 0.3) is 0 Å². The SMILES string of the molecule is N#CCC(=O)NC1CC=C(c2cc(NC(=O)C3CC3)nc3[nH]ccc23)CC1. The summed E-state index contributed by atoms with van der Waals surface area (Å²) >= 11 is 0. The lowest BCUT2D eigenvalue weighted by molar-refractivity contribution is -0.121. The zero-order chi connectivity index (χ0) is 18.8. The van der Waals surface area contributed by atoms with Crippen molar-refractivity contribution in [3.63, 3.8) is 0 Å². The van der Waals surface area contributed by atoms with Crippen molar-refractivity contribution in [3.8, 4) is 6.07 Å². The predicted octanol–water partition coefficient (Wildman–Crippen LogP) is 2.88. The van der Waals surface area contributed by atoms with Crippen molar-refractivity contribution in [2.45, 2.75) is 44.6 Å². The Morgan fingerprint density at radius 2 is 2.19 bits per heavy atom. The molecule has 2 heterocycles. The lowest BCUT2D eigenvalue weighted by Gasteiger charge is -2.23. The molecular weight excluding hydrogens is 342 g/mol. The average molecular weight is 363 g/mol. The van der Waals surface area contributed by atoms with Crippen LogP contribution in [0.25, 0.3) is 16.6 Å². The molecule has 0 spiro atoms. The molecule has 2 aromatic rings. The van der Waals surface area contributed by atoms with Crippen LogP contribution in [0.2, 0.25) is 0 Å². The van der Waals surface area contributed by atoms with Gasteiger partial charge < -0.3 is 15.6 Å². The van der Waals surface area contributed by atoms with E-state index in [1.54, 1.807) is 0 Å². The van der Waals surface area contributed by atoms with Crippen LogP contribution in [0.5, 0.6) is 0 Å². The number of pyridine rings is 1. The number of nitrogens with one attached hydrogen (secondary N) is 3. The lowest BCUT2D eigenvalue weighted by atomic mass is 9.89. The Kier molecular flexibility index (Phi) is 4.63. The number of nitriles is 1. The zero-order valence-electron chi connectivity index (χ0n) is 14.9. The van der Waals surface area contributed by atoms with E-state index in [2.05, 4.69) is 26.7 Å². The summed E-state index contributed by atoms with van der Waals surface area (Å²) in [6, 6.07) is 5.87. The number of H-pyrrole nitrogens is 1. The summed E-state index contributed by atoms with van der Waals surface area (Å²) in [5.74, 6) is 0.516. The fraction of sp³-hybridized carbons (Fsp3) is 0.400. The standard InChI is InChI=1S/C20H21N5O2/c21-9-7-18(26)23-14-5-3-12(4-6-14)16-11-17(25-20(27)13-1-2-13)24-19-15(16)8-10-22-19/h3,8,10-11,13-14H,1-2,4-7H2,(H,23,26)(H2,22,24,25,27). The Morgan fingerprint density at radius 1 is 1.33 bits per heavy atom. The van der Waals surface area contributed by atoms with Crippen LogP contribution >= 0.6 is 0 Å². The molecule has 7 heteroatoms. The van der Waals surface area contributed by atoms with Crippen LogP contribution in [0.1, 0.15) is 44.1 Å². The summed E-state index contributed by atoms with van der Waals surface area (Å²) in [6.07, 6.45) is 8.15. The van der Waals surface area contributed by atoms with Gasteiger partial charge >= 0.3 is 0 Å². The van der Waals surface area contributed by atoms with Crippen LogP contribution in [0.15, 0.2) is 24.4 Å². The first-order valence-electron chi connectivity index (χ1n) is 9.29. The van der Waals surface area contributed by atoms with Gasteiger partial charge in [0.15, 0.2) is 0 Å². The monoisotopic (exact) mass is 363 g/mol. The van der Waals surface area contributed by atoms with Crippen LogP contribution in [0.3, 0.4) is 0 Å². The molecule has 2 aliphatic carbocycles. The fourth-order valence-corrected chi connectivity index (χ4v) is 3.50. The van der Waals surface area contributed by atoms with Crippen LogP contribution < -0.4 is 10.6 Å². The highest BCUT2D eigenvalue weighted by atomic mass is 16.2. The smallest absolute Gasteiger partial charge is 0.234 e. The minimum Gasteiger partial charge on any atom is -0.352 e. The molecule has 7 nitrogen and oxygen atoms in total. The number of carbonyl (C=O) groups excluding carboxylic acids is 2. The van der Waals surface area contributed by atoms with Gasteiger partial charge in [0, 0.05) is 23.5 Å². The molecule has 4 rings (SSSR count). The number of hydrogen-bond donors (Lipinski definition) is 3. The zero-order valence-corrected chi connectivity index (χ0v) is 14.9. The summed E-state index contributed by atoms with van der Waals surface area (Å²) in [5, 5.41) is 15.5. The molecule has 2 amide bonds. The molecule has 0 saturated heterocycles. The van der Waals surface area contributed by atoms with E-state index in [4.69, 9.17) is 5.26 Å². The van der Waals surface area contributed by atoms with Crippen molar-refractivity contribution < 1.29 is 9.59 Å². The topological polar surface area (TPSA) is 111 Å². The fourth-order valence-electron chi connectivity index (χ4n) is 3.50. The highest BCUT2D eigenvalue weighted by molar-refractivity contribution is 5.97. The Bertz CT molecular complexity index is 964. The second-order valence-electron chi connectivity index (χ2n) is 7.16. The van der Waals surface area contributed by atoms with E-state index in [-0.39, 0.29) is 30.2 Å². The molecule has 0 aliphatic heterocycles. The van der Waals surface area contributed by atoms with Crippen LogP contribution in [0, 0.1) is 17.2 Å². The summed E-state index contributed by atoms with van der Waals surface area (Å²) in [4.78, 5) is 31.3. The molecule has 1 unspecified atom stereocenters.